The second-order valence-electron chi connectivity index (χ2n) is 4.49. The summed E-state index contributed by atoms with van der Waals surface area (Å²) in [5.74, 6) is 0. The van der Waals surface area contributed by atoms with E-state index in [0.29, 0.717) is 5.57 Å². The van der Waals surface area contributed by atoms with Crippen molar-refractivity contribution in [2.45, 2.75) is 54.9 Å². The van der Waals surface area contributed by atoms with Gasteiger partial charge in [0.1, 0.15) is 0 Å². The fourth-order valence-electron chi connectivity index (χ4n) is 0.984. The molecule has 0 heterocycles. The van der Waals surface area contributed by atoms with E-state index in [1.165, 1.54) is 6.42 Å². The fraction of sp³-hybridized carbons (Fsp3) is 0.500. The van der Waals surface area contributed by atoms with Gasteiger partial charge in [0.25, 0.3) is 0 Å². The molecule has 0 saturated carbocycles. The molecule has 0 bridgehead atoms. The van der Waals surface area contributed by atoms with Gasteiger partial charge in [0.15, 0.2) is 0 Å². The van der Waals surface area contributed by atoms with E-state index in [1.807, 2.05) is 40.7 Å². The maximum Gasteiger partial charge on any atom is 0.0991 e. The zero-order valence-corrected chi connectivity index (χ0v) is 12.9. The molecular formula is C16H26N2. The molecule has 0 N–H and O–H groups in total. The third-order valence-electron chi connectivity index (χ3n) is 1.95. The van der Waals surface area contributed by atoms with Crippen molar-refractivity contribution in [2.75, 3.05) is 0 Å². The lowest BCUT2D eigenvalue weighted by molar-refractivity contribution is 1.09. The Bertz CT molecular complexity index is 397. The summed E-state index contributed by atoms with van der Waals surface area (Å²) < 4.78 is 0. The van der Waals surface area contributed by atoms with E-state index in [4.69, 9.17) is 5.26 Å². The molecule has 0 spiro atoms. The van der Waals surface area contributed by atoms with Crippen LogP contribution in [0.2, 0.25) is 0 Å². The molecule has 0 fully saturated rings. The third-order valence-corrected chi connectivity index (χ3v) is 1.95. The van der Waals surface area contributed by atoms with Crippen molar-refractivity contribution in [1.82, 2.24) is 0 Å². The number of allylic oxidation sites excluding steroid dienone is 5. The van der Waals surface area contributed by atoms with Crippen LogP contribution in [0.4, 0.5) is 0 Å². The predicted octanol–water partition coefficient (Wildman–Crippen LogP) is 5.20. The fourth-order valence-corrected chi connectivity index (χ4v) is 0.984. The highest BCUT2D eigenvalue weighted by molar-refractivity contribution is 5.98. The molecule has 100 valence electrons. The summed E-state index contributed by atoms with van der Waals surface area (Å²) in [5, 5.41) is 8.90. The van der Waals surface area contributed by atoms with Crippen molar-refractivity contribution >= 4 is 5.71 Å². The van der Waals surface area contributed by atoms with Gasteiger partial charge in [-0.2, -0.15) is 5.26 Å². The van der Waals surface area contributed by atoms with E-state index in [2.05, 4.69) is 31.5 Å². The summed E-state index contributed by atoms with van der Waals surface area (Å²) in [6, 6.07) is 2.17. The smallest absolute Gasteiger partial charge is 0.0991 e. The highest BCUT2D eigenvalue weighted by atomic mass is 14.7. The summed E-state index contributed by atoms with van der Waals surface area (Å²) in [5.41, 5.74) is 4.38. The molecule has 0 aromatic heterocycles. The Morgan fingerprint density at radius 1 is 1.17 bits per heavy atom. The van der Waals surface area contributed by atoms with Gasteiger partial charge in [0.05, 0.1) is 11.6 Å². The quantitative estimate of drug-likeness (QED) is 0.383. The number of hydrogen-bond acceptors (Lipinski definition) is 2. The van der Waals surface area contributed by atoms with Crippen LogP contribution in [0, 0.1) is 11.3 Å². The summed E-state index contributed by atoms with van der Waals surface area (Å²) in [6.07, 6.45) is 3.11. The molecule has 2 nitrogen and oxygen atoms in total. The van der Waals surface area contributed by atoms with Gasteiger partial charge < -0.3 is 0 Å². The highest BCUT2D eigenvalue weighted by Gasteiger charge is 1.98. The van der Waals surface area contributed by atoms with Gasteiger partial charge in [-0.3, -0.25) is 4.99 Å². The first-order valence-electron chi connectivity index (χ1n) is 6.27. The first-order chi connectivity index (χ1) is 8.29. The SMILES string of the molecule is C=C(C)N=C(C)/C(C)=C/C(C#N)=C(C)C.CCC. The lowest BCUT2D eigenvalue weighted by Gasteiger charge is -2.01. The molecule has 0 rings (SSSR count). The normalized spacial score (nSPS) is 11.0. The highest BCUT2D eigenvalue weighted by Crippen LogP contribution is 2.09. The van der Waals surface area contributed by atoms with Gasteiger partial charge in [-0.25, -0.2) is 0 Å². The number of nitrogens with zero attached hydrogens (tertiary/aromatic N) is 2. The predicted molar refractivity (Wildman–Crippen MR) is 81.6 cm³/mol. The Morgan fingerprint density at radius 2 is 1.61 bits per heavy atom. The Morgan fingerprint density at radius 3 is 1.89 bits per heavy atom. The van der Waals surface area contributed by atoms with E-state index in [-0.39, 0.29) is 0 Å². The van der Waals surface area contributed by atoms with Crippen LogP contribution in [0.5, 0.6) is 0 Å². The second kappa shape index (κ2) is 10.5. The van der Waals surface area contributed by atoms with Crippen LogP contribution >= 0.6 is 0 Å². The molecule has 2 heteroatoms. The summed E-state index contributed by atoms with van der Waals surface area (Å²) >= 11 is 0. The Labute approximate surface area is 112 Å². The van der Waals surface area contributed by atoms with Crippen LogP contribution in [0.3, 0.4) is 0 Å². The second-order valence-corrected chi connectivity index (χ2v) is 4.49. The van der Waals surface area contributed by atoms with Crippen LogP contribution in [0.1, 0.15) is 54.9 Å². The average molecular weight is 246 g/mol. The van der Waals surface area contributed by atoms with Crippen LogP contribution in [-0.2, 0) is 0 Å². The van der Waals surface area contributed by atoms with E-state index in [1.54, 1.807) is 0 Å². The van der Waals surface area contributed by atoms with Crippen molar-refractivity contribution in [3.63, 3.8) is 0 Å². The molecule has 0 saturated heterocycles. The molecule has 0 unspecified atom stereocenters. The molecule has 0 radical (unpaired) electrons. The van der Waals surface area contributed by atoms with Gasteiger partial charge >= 0.3 is 0 Å². The van der Waals surface area contributed by atoms with Gasteiger partial charge in [-0.15, -0.1) is 0 Å². The summed E-state index contributed by atoms with van der Waals surface area (Å²) in [7, 11) is 0. The Kier molecular flexibility index (Phi) is 11.0. The van der Waals surface area contributed by atoms with Gasteiger partial charge in [0, 0.05) is 11.4 Å². The molecule has 18 heavy (non-hydrogen) atoms. The van der Waals surface area contributed by atoms with E-state index in [0.717, 1.165) is 22.6 Å². The number of nitriles is 1. The largest absolute Gasteiger partial charge is 0.259 e. The summed E-state index contributed by atoms with van der Waals surface area (Å²) in [4.78, 5) is 4.25. The van der Waals surface area contributed by atoms with Crippen LogP contribution in [0.15, 0.2) is 40.1 Å². The average Bonchev–Trinajstić information content (AvgIpc) is 2.25. The first-order valence-corrected chi connectivity index (χ1v) is 6.27. The minimum Gasteiger partial charge on any atom is -0.259 e. The van der Waals surface area contributed by atoms with Crippen molar-refractivity contribution in [2.24, 2.45) is 4.99 Å². The zero-order valence-electron chi connectivity index (χ0n) is 12.9. The monoisotopic (exact) mass is 246 g/mol. The lowest BCUT2D eigenvalue weighted by atomic mass is 10.1. The lowest BCUT2D eigenvalue weighted by Crippen LogP contribution is -1.94. The minimum atomic E-state index is 0.698. The van der Waals surface area contributed by atoms with Gasteiger partial charge in [-0.05, 0) is 46.3 Å². The van der Waals surface area contributed by atoms with Crippen molar-refractivity contribution in [3.8, 4) is 6.07 Å². The molecule has 0 aromatic carbocycles. The van der Waals surface area contributed by atoms with Crippen molar-refractivity contribution in [3.05, 3.63) is 35.1 Å². The molecule has 0 aliphatic carbocycles. The van der Waals surface area contributed by atoms with Crippen LogP contribution in [0.25, 0.3) is 0 Å². The molecule has 0 aromatic rings. The van der Waals surface area contributed by atoms with Crippen LogP contribution < -0.4 is 0 Å². The molecule has 0 aliphatic rings. The molecule has 0 aliphatic heterocycles. The first kappa shape index (κ1) is 18.7. The zero-order chi connectivity index (χ0) is 14.7. The number of rotatable bonds is 3. The van der Waals surface area contributed by atoms with Crippen molar-refractivity contribution in [1.29, 1.82) is 5.26 Å². The Hall–Kier alpha value is -1.62. The number of hydrogen-bond donors (Lipinski definition) is 0. The van der Waals surface area contributed by atoms with Crippen molar-refractivity contribution < 1.29 is 0 Å². The maximum absolute atomic E-state index is 8.90. The third kappa shape index (κ3) is 9.59. The van der Waals surface area contributed by atoms with Gasteiger partial charge in [-0.1, -0.05) is 32.4 Å². The topological polar surface area (TPSA) is 36.1 Å². The Balaban J connectivity index is 0. The van der Waals surface area contributed by atoms with E-state index < -0.39 is 0 Å². The summed E-state index contributed by atoms with van der Waals surface area (Å²) in [6.45, 7) is 17.5. The molecule has 0 atom stereocenters. The maximum atomic E-state index is 8.90. The standard InChI is InChI=1S/C13H18N2.C3H8/c1-9(2)13(8-14)7-11(5)12(6)15-10(3)4;1-3-2/h7H,3H2,1-2,4-6H3;3H2,1-2H3/b11-7+,15-12?;. The minimum absolute atomic E-state index is 0.698. The van der Waals surface area contributed by atoms with Crippen LogP contribution in [-0.4, -0.2) is 5.71 Å². The van der Waals surface area contributed by atoms with Gasteiger partial charge in [0.2, 0.25) is 0 Å². The molecular weight excluding hydrogens is 220 g/mol. The van der Waals surface area contributed by atoms with E-state index >= 15 is 0 Å². The van der Waals surface area contributed by atoms with E-state index in [9.17, 15) is 0 Å². The number of aliphatic imine (C=N–C) groups is 1. The molecule has 0 amide bonds.